The highest BCUT2D eigenvalue weighted by Gasteiger charge is 2.22. The summed E-state index contributed by atoms with van der Waals surface area (Å²) in [5, 5.41) is 24.7. The molecule has 166 valence electrons. The van der Waals surface area contributed by atoms with Gasteiger partial charge in [0.2, 0.25) is 0 Å². The Labute approximate surface area is 194 Å². The van der Waals surface area contributed by atoms with Gasteiger partial charge in [-0.05, 0) is 49.4 Å². The first-order valence-corrected chi connectivity index (χ1v) is 10.7. The number of fused-ring (bicyclic) bond motifs is 1. The first-order chi connectivity index (χ1) is 14.6. The summed E-state index contributed by atoms with van der Waals surface area (Å²) in [7, 11) is 1.61. The van der Waals surface area contributed by atoms with Gasteiger partial charge in [-0.3, -0.25) is 0 Å². The molecule has 1 aliphatic rings. The Morgan fingerprint density at radius 1 is 1.13 bits per heavy atom. The van der Waals surface area contributed by atoms with Crippen LogP contribution in [0.2, 0.25) is 5.02 Å². The summed E-state index contributed by atoms with van der Waals surface area (Å²) in [5.74, 6) is 2.73. The van der Waals surface area contributed by atoms with Crippen molar-refractivity contribution >= 4 is 46.4 Å². The smallest absolute Gasteiger partial charge is 0.159 e. The van der Waals surface area contributed by atoms with E-state index < -0.39 is 0 Å². The summed E-state index contributed by atoms with van der Waals surface area (Å²) >= 11 is 6.25. The van der Waals surface area contributed by atoms with Gasteiger partial charge in [0.15, 0.2) is 11.6 Å². The van der Waals surface area contributed by atoms with E-state index in [2.05, 4.69) is 45.5 Å². The average molecular weight is 463 g/mol. The number of nitrogens with zero attached hydrogens (tertiary/aromatic N) is 3. The number of benzene rings is 2. The molecule has 0 atom stereocenters. The van der Waals surface area contributed by atoms with Crippen LogP contribution in [0.4, 0.5) is 11.6 Å². The fourth-order valence-corrected chi connectivity index (χ4v) is 4.23. The molecule has 0 unspecified atom stereocenters. The summed E-state index contributed by atoms with van der Waals surface area (Å²) in [6.45, 7) is 4.71. The molecule has 6 nitrogen and oxygen atoms in total. The predicted octanol–water partition coefficient (Wildman–Crippen LogP) is 4.84. The van der Waals surface area contributed by atoms with E-state index in [1.54, 1.807) is 7.11 Å². The fourth-order valence-electron chi connectivity index (χ4n) is 3.95. The van der Waals surface area contributed by atoms with Crippen molar-refractivity contribution < 1.29 is 9.84 Å². The van der Waals surface area contributed by atoms with Gasteiger partial charge in [-0.15, -0.1) is 22.6 Å². The molecule has 3 aromatic rings. The topological polar surface area (TPSA) is 70.5 Å². The van der Waals surface area contributed by atoms with Crippen molar-refractivity contribution in [1.29, 1.82) is 0 Å². The molecule has 1 fully saturated rings. The molecular weight excluding hydrogens is 435 g/mol. The molecule has 0 bridgehead atoms. The zero-order chi connectivity index (χ0) is 21.1. The minimum Gasteiger partial charge on any atom is -0.495 e. The van der Waals surface area contributed by atoms with Crippen LogP contribution in [0.25, 0.3) is 10.8 Å². The largest absolute Gasteiger partial charge is 0.495 e. The first-order valence-electron chi connectivity index (χ1n) is 10.3. The molecule has 2 aromatic carbocycles. The number of piperidine rings is 1. The molecule has 0 amide bonds. The third kappa shape index (κ3) is 5.14. The zero-order valence-corrected chi connectivity index (χ0v) is 19.3. The number of methoxy groups -OCH3 is 1. The van der Waals surface area contributed by atoms with Gasteiger partial charge in [0.25, 0.3) is 0 Å². The highest BCUT2D eigenvalue weighted by molar-refractivity contribution is 6.32. The number of rotatable bonds is 6. The molecule has 1 aromatic heterocycles. The quantitative estimate of drug-likeness (QED) is 0.545. The van der Waals surface area contributed by atoms with Crippen molar-refractivity contribution in [3.63, 3.8) is 0 Å². The van der Waals surface area contributed by atoms with Gasteiger partial charge in [0.05, 0.1) is 12.1 Å². The standard InChI is InChI=1S/C23H27ClN4O2.ClH/c1-15-3-5-18-19(11-15)22(25-13-17-4-6-21(30-2)20(24)12-17)26-27-23(18)28-9-7-16(14-29)8-10-28;/h3-6,11-12,16,29H,7-10,13-14H2,1-2H3,(H,25,26);1H. The molecule has 0 saturated carbocycles. The summed E-state index contributed by atoms with van der Waals surface area (Å²) in [6, 6.07) is 12.1. The molecule has 31 heavy (non-hydrogen) atoms. The Hall–Kier alpha value is -2.28. The lowest BCUT2D eigenvalue weighted by Gasteiger charge is -2.32. The number of hydrogen-bond donors (Lipinski definition) is 2. The van der Waals surface area contributed by atoms with Crippen LogP contribution >= 0.6 is 24.0 Å². The summed E-state index contributed by atoms with van der Waals surface area (Å²) in [6.07, 6.45) is 1.95. The number of aliphatic hydroxyl groups is 1. The van der Waals surface area contributed by atoms with Gasteiger partial charge in [-0.25, -0.2) is 0 Å². The molecular formula is C23H28Cl2N4O2. The van der Waals surface area contributed by atoms with Gasteiger partial charge in [-0.2, -0.15) is 0 Å². The van der Waals surface area contributed by atoms with E-state index in [1.165, 1.54) is 5.56 Å². The number of aromatic nitrogens is 2. The second kappa shape index (κ2) is 10.4. The maximum atomic E-state index is 9.42. The van der Waals surface area contributed by atoms with Crippen molar-refractivity contribution in [2.45, 2.75) is 26.3 Å². The number of nitrogens with one attached hydrogen (secondary N) is 1. The fraction of sp³-hybridized carbons (Fsp3) is 0.391. The number of hydrogen-bond acceptors (Lipinski definition) is 6. The van der Waals surface area contributed by atoms with Gasteiger partial charge in [0, 0.05) is 37.0 Å². The maximum Gasteiger partial charge on any atom is 0.159 e. The zero-order valence-electron chi connectivity index (χ0n) is 17.8. The van der Waals surface area contributed by atoms with Gasteiger partial charge in [-0.1, -0.05) is 35.4 Å². The van der Waals surface area contributed by atoms with Crippen LogP contribution in [0, 0.1) is 12.8 Å². The summed E-state index contributed by atoms with van der Waals surface area (Å²) in [4.78, 5) is 2.28. The van der Waals surface area contributed by atoms with Crippen molar-refractivity contribution in [3.8, 4) is 5.75 Å². The van der Waals surface area contributed by atoms with E-state index >= 15 is 0 Å². The average Bonchev–Trinajstić information content (AvgIpc) is 2.77. The molecule has 8 heteroatoms. The van der Waals surface area contributed by atoms with E-state index in [0.29, 0.717) is 23.2 Å². The van der Waals surface area contributed by atoms with Crippen LogP contribution in [0.1, 0.15) is 24.0 Å². The minimum atomic E-state index is 0. The van der Waals surface area contributed by atoms with Crippen molar-refractivity contribution in [2.75, 3.05) is 37.0 Å². The van der Waals surface area contributed by atoms with Crippen LogP contribution < -0.4 is 15.0 Å². The van der Waals surface area contributed by atoms with Crippen LogP contribution in [0.15, 0.2) is 36.4 Å². The maximum absolute atomic E-state index is 9.42. The molecule has 1 aliphatic heterocycles. The third-order valence-electron chi connectivity index (χ3n) is 5.76. The highest BCUT2D eigenvalue weighted by Crippen LogP contribution is 2.32. The molecule has 0 spiro atoms. The monoisotopic (exact) mass is 462 g/mol. The second-order valence-corrected chi connectivity index (χ2v) is 8.26. The number of aryl methyl sites for hydroxylation is 1. The SMILES string of the molecule is COc1ccc(CNc2nnc(N3CCC(CO)CC3)c3ccc(C)cc23)cc1Cl.Cl. The molecule has 4 rings (SSSR count). The van der Waals surface area contributed by atoms with Crippen molar-refractivity contribution in [3.05, 3.63) is 52.5 Å². The molecule has 0 aliphatic carbocycles. The molecule has 0 radical (unpaired) electrons. The Morgan fingerprint density at radius 3 is 2.58 bits per heavy atom. The van der Waals surface area contributed by atoms with Crippen LogP contribution in [-0.2, 0) is 6.54 Å². The number of anilines is 2. The Kier molecular flexibility index (Phi) is 7.81. The lowest BCUT2D eigenvalue weighted by molar-refractivity contribution is 0.203. The summed E-state index contributed by atoms with van der Waals surface area (Å²) in [5.41, 5.74) is 2.22. The van der Waals surface area contributed by atoms with Gasteiger partial charge < -0.3 is 20.1 Å². The van der Waals surface area contributed by atoms with E-state index in [9.17, 15) is 5.11 Å². The first kappa shape index (κ1) is 23.4. The van der Waals surface area contributed by atoms with Crippen molar-refractivity contribution in [1.82, 2.24) is 10.2 Å². The Bertz CT molecular complexity index is 1040. The normalized spacial score (nSPS) is 14.4. The lowest BCUT2D eigenvalue weighted by atomic mass is 9.97. The lowest BCUT2D eigenvalue weighted by Crippen LogP contribution is -2.35. The predicted molar refractivity (Wildman–Crippen MR) is 129 cm³/mol. The third-order valence-corrected chi connectivity index (χ3v) is 6.06. The van der Waals surface area contributed by atoms with Gasteiger partial charge >= 0.3 is 0 Å². The van der Waals surface area contributed by atoms with E-state index in [4.69, 9.17) is 16.3 Å². The van der Waals surface area contributed by atoms with Crippen LogP contribution in [0.3, 0.4) is 0 Å². The van der Waals surface area contributed by atoms with Crippen LogP contribution in [-0.4, -0.2) is 42.1 Å². The molecule has 1 saturated heterocycles. The van der Waals surface area contributed by atoms with Gasteiger partial charge in [0.1, 0.15) is 5.75 Å². The Balaban J connectivity index is 0.00000272. The van der Waals surface area contributed by atoms with E-state index in [0.717, 1.165) is 53.9 Å². The van der Waals surface area contributed by atoms with E-state index in [1.807, 2.05) is 18.2 Å². The number of ether oxygens (including phenoxy) is 1. The molecule has 2 N–H and O–H groups in total. The summed E-state index contributed by atoms with van der Waals surface area (Å²) < 4.78 is 5.22. The highest BCUT2D eigenvalue weighted by atomic mass is 35.5. The van der Waals surface area contributed by atoms with E-state index in [-0.39, 0.29) is 19.0 Å². The molecule has 2 heterocycles. The second-order valence-electron chi connectivity index (χ2n) is 7.86. The number of halogens is 2. The van der Waals surface area contributed by atoms with Crippen LogP contribution in [0.5, 0.6) is 5.75 Å². The van der Waals surface area contributed by atoms with Crippen molar-refractivity contribution in [2.24, 2.45) is 5.92 Å². The number of aliphatic hydroxyl groups excluding tert-OH is 1. The Morgan fingerprint density at radius 2 is 1.90 bits per heavy atom. The minimum absolute atomic E-state index is 0.